The van der Waals surface area contributed by atoms with Crippen LogP contribution in [0, 0.1) is 0 Å². The number of nitrogens with zero attached hydrogens (tertiary/aromatic N) is 3. The van der Waals surface area contributed by atoms with Crippen LogP contribution in [-0.2, 0) is 7.05 Å². The van der Waals surface area contributed by atoms with E-state index in [1.54, 1.807) is 56.4 Å². The fraction of sp³-hybridized carbons (Fsp3) is 0.105. The van der Waals surface area contributed by atoms with Crippen molar-refractivity contribution >= 4 is 34.8 Å². The molecule has 0 radical (unpaired) electrons. The van der Waals surface area contributed by atoms with Gasteiger partial charge in [0.25, 0.3) is 5.91 Å². The Kier molecular flexibility index (Phi) is 5.48. The molecule has 3 rings (SSSR count). The molecule has 2 N–H and O–H groups in total. The number of rotatable bonds is 4. The highest BCUT2D eigenvalue weighted by Gasteiger charge is 2.20. The lowest BCUT2D eigenvalue weighted by Crippen LogP contribution is -2.19. The number of benzene rings is 2. The van der Waals surface area contributed by atoms with E-state index in [4.69, 9.17) is 23.2 Å². The van der Waals surface area contributed by atoms with Crippen LogP contribution in [0.2, 0.25) is 10.0 Å². The number of carbonyl (C=O) groups is 1. The molecule has 3 aromatic rings. The van der Waals surface area contributed by atoms with E-state index in [9.17, 15) is 9.90 Å². The number of hydrogen-bond acceptors (Lipinski definition) is 4. The van der Waals surface area contributed by atoms with E-state index in [2.05, 4.69) is 15.6 Å². The second-order valence-electron chi connectivity index (χ2n) is 5.80. The summed E-state index contributed by atoms with van der Waals surface area (Å²) in [6.45, 7) is 1.64. The van der Waals surface area contributed by atoms with E-state index in [0.717, 1.165) is 0 Å². The molecule has 1 amide bonds. The van der Waals surface area contributed by atoms with Gasteiger partial charge in [-0.1, -0.05) is 47.5 Å². The largest absolute Gasteiger partial charge is 0.504 e. The molecule has 27 heavy (non-hydrogen) atoms. The Labute approximate surface area is 166 Å². The van der Waals surface area contributed by atoms with Crippen LogP contribution in [0.3, 0.4) is 0 Å². The second-order valence-corrected chi connectivity index (χ2v) is 6.62. The Balaban J connectivity index is 1.89. The van der Waals surface area contributed by atoms with E-state index in [1.165, 1.54) is 4.68 Å². The summed E-state index contributed by atoms with van der Waals surface area (Å²) in [6.07, 6.45) is 0. The van der Waals surface area contributed by atoms with E-state index in [1.807, 2.05) is 6.07 Å². The van der Waals surface area contributed by atoms with Crippen molar-refractivity contribution in [2.75, 3.05) is 0 Å². The molecular weight excluding hydrogens is 387 g/mol. The van der Waals surface area contributed by atoms with Gasteiger partial charge in [-0.3, -0.25) is 9.48 Å². The average Bonchev–Trinajstić information content (AvgIpc) is 2.97. The van der Waals surface area contributed by atoms with E-state index >= 15 is 0 Å². The number of carbonyl (C=O) groups excluding carboxylic acids is 1. The Morgan fingerprint density at radius 1 is 1.15 bits per heavy atom. The van der Waals surface area contributed by atoms with Crippen LogP contribution in [0.1, 0.15) is 23.0 Å². The summed E-state index contributed by atoms with van der Waals surface area (Å²) in [5.41, 5.74) is 4.68. The Hall–Kier alpha value is -2.83. The van der Waals surface area contributed by atoms with Crippen molar-refractivity contribution in [3.8, 4) is 17.0 Å². The summed E-state index contributed by atoms with van der Waals surface area (Å²) in [5, 5.41) is 19.8. The molecule has 6 nitrogen and oxygen atoms in total. The van der Waals surface area contributed by atoms with Crippen LogP contribution in [0.4, 0.5) is 0 Å². The van der Waals surface area contributed by atoms with Gasteiger partial charge in [0.2, 0.25) is 0 Å². The monoisotopic (exact) mass is 402 g/mol. The molecule has 0 bridgehead atoms. The molecule has 1 heterocycles. The van der Waals surface area contributed by atoms with Gasteiger partial charge in [0, 0.05) is 18.2 Å². The zero-order valence-electron chi connectivity index (χ0n) is 14.6. The third-order valence-corrected chi connectivity index (χ3v) is 4.66. The fourth-order valence-electron chi connectivity index (χ4n) is 2.57. The molecule has 0 unspecified atom stereocenters. The van der Waals surface area contributed by atoms with Crippen LogP contribution in [0.15, 0.2) is 53.6 Å². The lowest BCUT2D eigenvalue weighted by atomic mass is 10.1. The normalized spacial score (nSPS) is 11.5. The quantitative estimate of drug-likeness (QED) is 0.505. The molecule has 0 aliphatic carbocycles. The van der Waals surface area contributed by atoms with E-state index in [-0.39, 0.29) is 17.4 Å². The fourth-order valence-corrected chi connectivity index (χ4v) is 2.86. The molecule has 0 spiro atoms. The Morgan fingerprint density at radius 3 is 2.52 bits per heavy atom. The minimum absolute atomic E-state index is 0.0638. The van der Waals surface area contributed by atoms with Gasteiger partial charge in [-0.2, -0.15) is 10.2 Å². The van der Waals surface area contributed by atoms with Gasteiger partial charge in [0.05, 0.1) is 15.8 Å². The number of hydrogen-bond donors (Lipinski definition) is 2. The molecule has 0 saturated heterocycles. The lowest BCUT2D eigenvalue weighted by Gasteiger charge is -2.04. The predicted molar refractivity (Wildman–Crippen MR) is 106 cm³/mol. The van der Waals surface area contributed by atoms with Crippen molar-refractivity contribution in [3.63, 3.8) is 0 Å². The average molecular weight is 403 g/mol. The summed E-state index contributed by atoms with van der Waals surface area (Å²) in [5.74, 6) is -0.416. The van der Waals surface area contributed by atoms with Crippen LogP contribution >= 0.6 is 23.2 Å². The number of halogens is 2. The number of nitrogens with one attached hydrogen (secondary N) is 1. The number of amides is 1. The van der Waals surface area contributed by atoms with Crippen molar-refractivity contribution in [2.45, 2.75) is 6.92 Å². The van der Waals surface area contributed by atoms with Crippen molar-refractivity contribution in [1.82, 2.24) is 15.2 Å². The highest BCUT2D eigenvalue weighted by Crippen LogP contribution is 2.35. The van der Waals surface area contributed by atoms with Crippen LogP contribution in [0.25, 0.3) is 11.3 Å². The summed E-state index contributed by atoms with van der Waals surface area (Å²) >= 11 is 12.0. The second kappa shape index (κ2) is 7.82. The standard InChI is InChI=1S/C19H16Cl2N4O2/c1-11(22-23-19(27)12-6-4-3-5-7-12)16-18(26)17(25(2)24-16)13-8-9-14(20)15(21)10-13/h3-10,26H,1-2H3,(H,23,27)/b22-11+. The number of aromatic nitrogens is 2. The van der Waals surface area contributed by atoms with Gasteiger partial charge in [-0.05, 0) is 31.2 Å². The molecule has 0 fully saturated rings. The topological polar surface area (TPSA) is 79.5 Å². The summed E-state index contributed by atoms with van der Waals surface area (Å²) in [6, 6.07) is 13.7. The van der Waals surface area contributed by atoms with Gasteiger partial charge in [-0.15, -0.1) is 0 Å². The zero-order valence-corrected chi connectivity index (χ0v) is 16.1. The van der Waals surface area contributed by atoms with Gasteiger partial charge in [-0.25, -0.2) is 5.43 Å². The molecule has 0 atom stereocenters. The summed E-state index contributed by atoms with van der Waals surface area (Å²) in [4.78, 5) is 12.1. The maximum Gasteiger partial charge on any atom is 0.271 e. The third-order valence-electron chi connectivity index (χ3n) is 3.92. The molecule has 138 valence electrons. The lowest BCUT2D eigenvalue weighted by molar-refractivity contribution is 0.0955. The van der Waals surface area contributed by atoms with E-state index < -0.39 is 0 Å². The van der Waals surface area contributed by atoms with Gasteiger partial charge in [0.15, 0.2) is 11.4 Å². The minimum Gasteiger partial charge on any atom is -0.504 e. The van der Waals surface area contributed by atoms with Crippen LogP contribution in [-0.4, -0.2) is 26.5 Å². The number of hydrazone groups is 1. The summed E-state index contributed by atoms with van der Waals surface area (Å²) < 4.78 is 1.52. The number of aromatic hydroxyl groups is 1. The highest BCUT2D eigenvalue weighted by molar-refractivity contribution is 6.42. The molecule has 1 aromatic heterocycles. The minimum atomic E-state index is -0.352. The molecular formula is C19H16Cl2N4O2. The molecule has 0 aliphatic heterocycles. The van der Waals surface area contributed by atoms with Crippen molar-refractivity contribution in [3.05, 3.63) is 69.8 Å². The third kappa shape index (κ3) is 3.97. The smallest absolute Gasteiger partial charge is 0.271 e. The zero-order chi connectivity index (χ0) is 19.6. The van der Waals surface area contributed by atoms with Crippen LogP contribution in [0.5, 0.6) is 5.75 Å². The highest BCUT2D eigenvalue weighted by atomic mass is 35.5. The van der Waals surface area contributed by atoms with E-state index in [0.29, 0.717) is 32.6 Å². The van der Waals surface area contributed by atoms with Crippen LogP contribution < -0.4 is 5.43 Å². The predicted octanol–water partition coefficient (Wildman–Crippen LogP) is 4.25. The number of aryl methyl sites for hydroxylation is 1. The molecule has 0 saturated carbocycles. The first kappa shape index (κ1) is 18.9. The Bertz CT molecular complexity index is 1030. The van der Waals surface area contributed by atoms with Gasteiger partial charge < -0.3 is 5.11 Å². The van der Waals surface area contributed by atoms with Crippen molar-refractivity contribution < 1.29 is 9.90 Å². The molecule has 0 aliphatic rings. The maximum atomic E-state index is 12.1. The van der Waals surface area contributed by atoms with Gasteiger partial charge >= 0.3 is 0 Å². The van der Waals surface area contributed by atoms with Crippen molar-refractivity contribution in [2.24, 2.45) is 12.1 Å². The SMILES string of the molecule is C/C(=N\NC(=O)c1ccccc1)c1nn(C)c(-c2ccc(Cl)c(Cl)c2)c1O. The van der Waals surface area contributed by atoms with Gasteiger partial charge in [0.1, 0.15) is 5.69 Å². The maximum absolute atomic E-state index is 12.1. The molecule has 8 heteroatoms. The first-order chi connectivity index (χ1) is 12.9. The summed E-state index contributed by atoms with van der Waals surface area (Å²) in [7, 11) is 1.69. The first-order valence-electron chi connectivity index (χ1n) is 8.00. The van der Waals surface area contributed by atoms with Crippen molar-refractivity contribution in [1.29, 1.82) is 0 Å². The Morgan fingerprint density at radius 2 is 1.85 bits per heavy atom. The first-order valence-corrected chi connectivity index (χ1v) is 8.75. The molecule has 2 aromatic carbocycles.